The van der Waals surface area contributed by atoms with Gasteiger partial charge in [0.25, 0.3) is 0 Å². The summed E-state index contributed by atoms with van der Waals surface area (Å²) in [7, 11) is 0. The topological polar surface area (TPSA) is 76.4 Å². The molecule has 1 amide bonds. The summed E-state index contributed by atoms with van der Waals surface area (Å²) >= 11 is 0. The summed E-state index contributed by atoms with van der Waals surface area (Å²) in [6, 6.07) is 11.1. The number of carbonyl (C=O) groups excluding carboxylic acids is 1. The lowest BCUT2D eigenvalue weighted by Gasteiger charge is -2.24. The molecule has 2 heterocycles. The average Bonchev–Trinajstić information content (AvgIpc) is 3.07. The lowest BCUT2D eigenvalue weighted by Crippen LogP contribution is -2.24. The average molecular weight is 367 g/mol. The summed E-state index contributed by atoms with van der Waals surface area (Å²) < 4.78 is 20.6. The number of hydrogen-bond acceptors (Lipinski definition) is 4. The second-order valence-electron chi connectivity index (χ2n) is 6.31. The number of aromatic nitrogens is 2. The third-order valence-electron chi connectivity index (χ3n) is 4.56. The van der Waals surface area contributed by atoms with Crippen LogP contribution in [0, 0.1) is 5.82 Å². The van der Waals surface area contributed by atoms with Gasteiger partial charge in [-0.25, -0.2) is 9.07 Å². The molecular weight excluding hydrogens is 349 g/mol. The highest BCUT2D eigenvalue weighted by atomic mass is 19.1. The molecule has 1 aliphatic heterocycles. The van der Waals surface area contributed by atoms with Gasteiger partial charge < -0.3 is 15.2 Å². The molecule has 0 fully saturated rings. The number of anilines is 1. The minimum Gasteiger partial charge on any atom is -0.504 e. The van der Waals surface area contributed by atoms with E-state index >= 15 is 0 Å². The van der Waals surface area contributed by atoms with E-state index in [1.165, 1.54) is 16.8 Å². The molecule has 138 valence electrons. The van der Waals surface area contributed by atoms with Crippen LogP contribution in [0.1, 0.15) is 30.4 Å². The van der Waals surface area contributed by atoms with E-state index in [1.807, 2.05) is 6.92 Å². The van der Waals surface area contributed by atoms with E-state index in [-0.39, 0.29) is 29.8 Å². The highest BCUT2D eigenvalue weighted by Gasteiger charge is 2.31. The van der Waals surface area contributed by atoms with Gasteiger partial charge in [0.1, 0.15) is 11.6 Å². The van der Waals surface area contributed by atoms with Crippen LogP contribution in [-0.2, 0) is 4.79 Å². The molecular formula is C20H18FN3O3. The van der Waals surface area contributed by atoms with E-state index < -0.39 is 0 Å². The predicted molar refractivity (Wildman–Crippen MR) is 97.9 cm³/mol. The third kappa shape index (κ3) is 3.12. The highest BCUT2D eigenvalue weighted by molar-refractivity contribution is 5.94. The summed E-state index contributed by atoms with van der Waals surface area (Å²) in [5.74, 6) is 0.173. The van der Waals surface area contributed by atoms with Crippen molar-refractivity contribution in [2.45, 2.75) is 19.3 Å². The number of hydrogen-bond donors (Lipinski definition) is 2. The Hall–Kier alpha value is -3.35. The van der Waals surface area contributed by atoms with Crippen LogP contribution in [0.15, 0.2) is 48.7 Å². The Morgan fingerprint density at radius 2 is 2.19 bits per heavy atom. The standard InChI is InChI=1S/C20H18FN3O3/c1-2-27-18-8-12(6-7-17(18)25)15-10-19(26)23-20-16(15)11-22-24(20)14-5-3-4-13(21)9-14/h3-9,11,15,25H,2,10H2,1H3,(H,23,26)/t15-/m1/s1. The Morgan fingerprint density at radius 3 is 2.96 bits per heavy atom. The molecule has 1 aliphatic rings. The number of ether oxygens (including phenoxy) is 1. The minimum absolute atomic E-state index is 0.0524. The molecule has 2 N–H and O–H groups in total. The van der Waals surface area contributed by atoms with Gasteiger partial charge in [-0.3, -0.25) is 4.79 Å². The van der Waals surface area contributed by atoms with Gasteiger partial charge in [0.2, 0.25) is 5.91 Å². The number of aromatic hydroxyl groups is 1. The van der Waals surface area contributed by atoms with Gasteiger partial charge in [-0.2, -0.15) is 5.10 Å². The normalized spacial score (nSPS) is 15.9. The molecule has 0 spiro atoms. The summed E-state index contributed by atoms with van der Waals surface area (Å²) in [6.45, 7) is 2.26. The molecule has 3 aromatic rings. The maximum atomic E-state index is 13.6. The molecule has 0 radical (unpaired) electrons. The molecule has 0 saturated carbocycles. The van der Waals surface area contributed by atoms with Gasteiger partial charge in [-0.05, 0) is 42.8 Å². The minimum atomic E-state index is -0.379. The van der Waals surface area contributed by atoms with Crippen LogP contribution in [0.5, 0.6) is 11.5 Å². The summed E-state index contributed by atoms with van der Waals surface area (Å²) in [5, 5.41) is 17.1. The van der Waals surface area contributed by atoms with Crippen molar-refractivity contribution in [3.8, 4) is 17.2 Å². The zero-order chi connectivity index (χ0) is 19.0. The Balaban J connectivity index is 1.79. The van der Waals surface area contributed by atoms with E-state index in [4.69, 9.17) is 4.74 Å². The molecule has 7 heteroatoms. The van der Waals surface area contributed by atoms with Gasteiger partial charge in [-0.15, -0.1) is 0 Å². The number of nitrogens with one attached hydrogen (secondary N) is 1. The van der Waals surface area contributed by atoms with Gasteiger partial charge >= 0.3 is 0 Å². The third-order valence-corrected chi connectivity index (χ3v) is 4.56. The van der Waals surface area contributed by atoms with Crippen LogP contribution in [0.3, 0.4) is 0 Å². The zero-order valence-corrected chi connectivity index (χ0v) is 14.6. The molecule has 27 heavy (non-hydrogen) atoms. The van der Waals surface area contributed by atoms with Crippen LogP contribution in [0.25, 0.3) is 5.69 Å². The lowest BCUT2D eigenvalue weighted by molar-refractivity contribution is -0.116. The Kier molecular flexibility index (Phi) is 4.27. The first kappa shape index (κ1) is 17.1. The van der Waals surface area contributed by atoms with Crippen molar-refractivity contribution >= 4 is 11.7 Å². The number of phenols is 1. The van der Waals surface area contributed by atoms with Gasteiger partial charge in [0.05, 0.1) is 18.5 Å². The molecule has 1 aromatic heterocycles. The highest BCUT2D eigenvalue weighted by Crippen LogP contribution is 2.40. The van der Waals surface area contributed by atoms with E-state index in [0.717, 1.165) is 11.1 Å². The van der Waals surface area contributed by atoms with Crippen LogP contribution < -0.4 is 10.1 Å². The predicted octanol–water partition coefficient (Wildman–Crippen LogP) is 3.59. The number of halogens is 1. The summed E-state index contributed by atoms with van der Waals surface area (Å²) in [4.78, 5) is 12.3. The second-order valence-corrected chi connectivity index (χ2v) is 6.31. The van der Waals surface area contributed by atoms with Crippen molar-refractivity contribution in [3.05, 3.63) is 65.6 Å². The van der Waals surface area contributed by atoms with Crippen molar-refractivity contribution < 1.29 is 19.0 Å². The van der Waals surface area contributed by atoms with Crippen molar-refractivity contribution in [1.29, 1.82) is 0 Å². The zero-order valence-electron chi connectivity index (χ0n) is 14.6. The monoisotopic (exact) mass is 367 g/mol. The fourth-order valence-corrected chi connectivity index (χ4v) is 3.34. The van der Waals surface area contributed by atoms with E-state index in [0.29, 0.717) is 23.9 Å². The number of carbonyl (C=O) groups is 1. The van der Waals surface area contributed by atoms with Crippen LogP contribution in [-0.4, -0.2) is 27.4 Å². The van der Waals surface area contributed by atoms with Gasteiger partial charge in [-0.1, -0.05) is 12.1 Å². The number of phenolic OH excluding ortho intramolecular Hbond substituents is 1. The number of amides is 1. The molecule has 4 rings (SSSR count). The fourth-order valence-electron chi connectivity index (χ4n) is 3.34. The SMILES string of the molecule is CCOc1cc([C@H]2CC(=O)Nc3c2cnn3-c2cccc(F)c2)ccc1O. The van der Waals surface area contributed by atoms with Crippen molar-refractivity contribution in [3.63, 3.8) is 0 Å². The molecule has 0 saturated heterocycles. The van der Waals surface area contributed by atoms with Crippen LogP contribution in [0.2, 0.25) is 0 Å². The maximum Gasteiger partial charge on any atom is 0.226 e. The lowest BCUT2D eigenvalue weighted by atomic mass is 9.87. The first-order chi connectivity index (χ1) is 13.1. The number of nitrogens with zero attached hydrogens (tertiary/aromatic N) is 2. The molecule has 6 nitrogen and oxygen atoms in total. The summed E-state index contributed by atoms with van der Waals surface area (Å²) in [5.41, 5.74) is 2.19. The van der Waals surface area contributed by atoms with Crippen molar-refractivity contribution in [2.24, 2.45) is 0 Å². The Labute approximate surface area is 155 Å². The van der Waals surface area contributed by atoms with Gasteiger partial charge in [0, 0.05) is 17.9 Å². The summed E-state index contributed by atoms with van der Waals surface area (Å²) in [6.07, 6.45) is 1.93. The van der Waals surface area contributed by atoms with Crippen molar-refractivity contribution in [1.82, 2.24) is 9.78 Å². The molecule has 0 unspecified atom stereocenters. The second kappa shape index (κ2) is 6.75. The van der Waals surface area contributed by atoms with Crippen molar-refractivity contribution in [2.75, 3.05) is 11.9 Å². The molecule has 2 aromatic carbocycles. The van der Waals surface area contributed by atoms with E-state index in [9.17, 15) is 14.3 Å². The molecule has 1 atom stereocenters. The first-order valence-electron chi connectivity index (χ1n) is 8.66. The quantitative estimate of drug-likeness (QED) is 0.739. The fraction of sp³-hybridized carbons (Fsp3) is 0.200. The molecule has 0 aliphatic carbocycles. The molecule has 0 bridgehead atoms. The maximum absolute atomic E-state index is 13.6. The first-order valence-corrected chi connectivity index (χ1v) is 8.66. The number of rotatable bonds is 4. The van der Waals surface area contributed by atoms with Gasteiger partial charge in [0.15, 0.2) is 11.5 Å². The van der Waals surface area contributed by atoms with Crippen LogP contribution >= 0.6 is 0 Å². The largest absolute Gasteiger partial charge is 0.504 e. The van der Waals surface area contributed by atoms with E-state index in [2.05, 4.69) is 10.4 Å². The van der Waals surface area contributed by atoms with E-state index in [1.54, 1.807) is 36.5 Å². The Morgan fingerprint density at radius 1 is 1.33 bits per heavy atom. The number of benzene rings is 2. The van der Waals surface area contributed by atoms with Crippen LogP contribution in [0.4, 0.5) is 10.2 Å². The Bertz CT molecular complexity index is 1020. The number of fused-ring (bicyclic) bond motifs is 1. The smallest absolute Gasteiger partial charge is 0.226 e.